The smallest absolute Gasteiger partial charge is 0.0749 e. The van der Waals surface area contributed by atoms with Crippen molar-refractivity contribution < 1.29 is 0 Å². The van der Waals surface area contributed by atoms with Gasteiger partial charge in [0.05, 0.1) is 23.6 Å². The Bertz CT molecular complexity index is 310. The van der Waals surface area contributed by atoms with Crippen molar-refractivity contribution in [3.8, 4) is 0 Å². The van der Waals surface area contributed by atoms with Crippen molar-refractivity contribution in [2.24, 2.45) is 5.41 Å². The van der Waals surface area contributed by atoms with E-state index in [1.165, 1.54) is 18.1 Å². The van der Waals surface area contributed by atoms with Gasteiger partial charge in [0.15, 0.2) is 0 Å². The molecule has 1 aliphatic rings. The SMILES string of the molecule is ClCC1(Cc2cnsn2)CC=CCC1. The molecule has 0 N–H and O–H groups in total. The Morgan fingerprint density at radius 3 is 3.00 bits per heavy atom. The Balaban J connectivity index is 2.09. The lowest BCUT2D eigenvalue weighted by molar-refractivity contribution is 0.293. The molecule has 0 fully saturated rings. The van der Waals surface area contributed by atoms with Gasteiger partial charge in [0.2, 0.25) is 0 Å². The summed E-state index contributed by atoms with van der Waals surface area (Å²) in [5, 5.41) is 0. The number of allylic oxidation sites excluding steroid dienone is 2. The van der Waals surface area contributed by atoms with E-state index in [2.05, 4.69) is 20.9 Å². The van der Waals surface area contributed by atoms with Crippen LogP contribution < -0.4 is 0 Å². The monoisotopic (exact) mass is 228 g/mol. The molecule has 0 saturated carbocycles. The van der Waals surface area contributed by atoms with Crippen molar-refractivity contribution in [3.05, 3.63) is 24.0 Å². The maximum absolute atomic E-state index is 6.08. The third-order valence-corrected chi connectivity index (χ3v) is 3.89. The molecule has 76 valence electrons. The molecule has 0 radical (unpaired) electrons. The number of aromatic nitrogens is 2. The lowest BCUT2D eigenvalue weighted by atomic mass is 9.75. The highest BCUT2D eigenvalue weighted by atomic mass is 35.5. The van der Waals surface area contributed by atoms with Crippen molar-refractivity contribution in [2.45, 2.75) is 25.7 Å². The molecule has 2 nitrogen and oxygen atoms in total. The van der Waals surface area contributed by atoms with E-state index in [9.17, 15) is 0 Å². The van der Waals surface area contributed by atoms with Crippen LogP contribution in [0.2, 0.25) is 0 Å². The summed E-state index contributed by atoms with van der Waals surface area (Å²) in [6.07, 6.45) is 10.7. The van der Waals surface area contributed by atoms with E-state index in [-0.39, 0.29) is 5.41 Å². The Morgan fingerprint density at radius 2 is 2.43 bits per heavy atom. The summed E-state index contributed by atoms with van der Waals surface area (Å²) in [5.74, 6) is 0.717. The summed E-state index contributed by atoms with van der Waals surface area (Å²) in [6, 6.07) is 0. The molecule has 1 aliphatic carbocycles. The second-order valence-corrected chi connectivity index (χ2v) is 4.75. The van der Waals surface area contributed by atoms with Crippen molar-refractivity contribution in [1.82, 2.24) is 8.75 Å². The Labute approximate surface area is 93.3 Å². The van der Waals surface area contributed by atoms with Gasteiger partial charge in [-0.3, -0.25) is 0 Å². The maximum atomic E-state index is 6.08. The van der Waals surface area contributed by atoms with Gasteiger partial charge in [-0.2, -0.15) is 8.75 Å². The third kappa shape index (κ3) is 2.15. The van der Waals surface area contributed by atoms with Crippen LogP contribution in [-0.2, 0) is 6.42 Å². The van der Waals surface area contributed by atoms with E-state index in [0.717, 1.165) is 30.8 Å². The highest BCUT2D eigenvalue weighted by molar-refractivity contribution is 6.99. The first-order valence-electron chi connectivity index (χ1n) is 4.82. The fourth-order valence-corrected chi connectivity index (χ4v) is 2.69. The number of alkyl halides is 1. The Hall–Kier alpha value is -0.410. The number of hydrogen-bond acceptors (Lipinski definition) is 3. The minimum absolute atomic E-state index is 0.228. The molecular formula is C10H13ClN2S. The van der Waals surface area contributed by atoms with Gasteiger partial charge < -0.3 is 0 Å². The minimum atomic E-state index is 0.228. The highest BCUT2D eigenvalue weighted by Crippen LogP contribution is 2.36. The van der Waals surface area contributed by atoms with Gasteiger partial charge in [0.1, 0.15) is 0 Å². The van der Waals surface area contributed by atoms with E-state index >= 15 is 0 Å². The largest absolute Gasteiger partial charge is 0.181 e. The molecule has 4 heteroatoms. The van der Waals surface area contributed by atoms with Crippen molar-refractivity contribution in [2.75, 3.05) is 5.88 Å². The zero-order valence-electron chi connectivity index (χ0n) is 7.95. The Morgan fingerprint density at radius 1 is 1.50 bits per heavy atom. The van der Waals surface area contributed by atoms with Crippen molar-refractivity contribution >= 4 is 23.3 Å². The summed E-state index contributed by atoms with van der Waals surface area (Å²) in [5.41, 5.74) is 1.32. The van der Waals surface area contributed by atoms with E-state index < -0.39 is 0 Å². The first-order chi connectivity index (χ1) is 6.85. The summed E-state index contributed by atoms with van der Waals surface area (Å²) < 4.78 is 8.27. The minimum Gasteiger partial charge on any atom is -0.181 e. The first kappa shape index (κ1) is 10.1. The van der Waals surface area contributed by atoms with Gasteiger partial charge in [0, 0.05) is 5.88 Å². The Kier molecular flexibility index (Phi) is 3.19. The first-order valence-corrected chi connectivity index (χ1v) is 6.09. The number of hydrogen-bond donors (Lipinski definition) is 0. The van der Waals surface area contributed by atoms with Crippen LogP contribution in [0, 0.1) is 5.41 Å². The average Bonchev–Trinajstić information content (AvgIpc) is 2.72. The average molecular weight is 229 g/mol. The van der Waals surface area contributed by atoms with Crippen LogP contribution in [0.25, 0.3) is 0 Å². The molecule has 0 amide bonds. The number of nitrogens with zero attached hydrogens (tertiary/aromatic N) is 2. The molecule has 1 aromatic rings. The van der Waals surface area contributed by atoms with Crippen LogP contribution in [-0.4, -0.2) is 14.6 Å². The maximum Gasteiger partial charge on any atom is 0.0749 e. The van der Waals surface area contributed by atoms with Gasteiger partial charge >= 0.3 is 0 Å². The topological polar surface area (TPSA) is 25.8 Å². The van der Waals surface area contributed by atoms with Gasteiger partial charge in [-0.15, -0.1) is 11.6 Å². The molecule has 0 aromatic carbocycles. The van der Waals surface area contributed by atoms with Crippen LogP contribution in [0.4, 0.5) is 0 Å². The molecule has 1 unspecified atom stereocenters. The molecular weight excluding hydrogens is 216 g/mol. The zero-order chi connectivity index (χ0) is 9.86. The normalized spacial score (nSPS) is 26.6. The predicted octanol–water partition coefficient (Wildman–Crippen LogP) is 3.05. The molecule has 0 bridgehead atoms. The standard InChI is InChI=1S/C10H13ClN2S/c11-8-10(4-2-1-3-5-10)6-9-7-12-14-13-9/h1-2,7H,3-6,8H2. The molecule has 0 saturated heterocycles. The molecule has 14 heavy (non-hydrogen) atoms. The van der Waals surface area contributed by atoms with E-state index in [4.69, 9.17) is 11.6 Å². The molecule has 0 aliphatic heterocycles. The summed E-state index contributed by atoms with van der Waals surface area (Å²) in [4.78, 5) is 0. The highest BCUT2D eigenvalue weighted by Gasteiger charge is 2.30. The summed E-state index contributed by atoms with van der Waals surface area (Å²) >= 11 is 7.35. The second-order valence-electron chi connectivity index (χ2n) is 3.92. The van der Waals surface area contributed by atoms with Crippen molar-refractivity contribution in [1.29, 1.82) is 0 Å². The third-order valence-electron chi connectivity index (χ3n) is 2.81. The fraction of sp³-hybridized carbons (Fsp3) is 0.600. The second kappa shape index (κ2) is 4.41. The van der Waals surface area contributed by atoms with E-state index in [1.54, 1.807) is 0 Å². The molecule has 1 atom stereocenters. The van der Waals surface area contributed by atoms with Crippen LogP contribution in [0.5, 0.6) is 0 Å². The predicted molar refractivity (Wildman–Crippen MR) is 59.8 cm³/mol. The van der Waals surface area contributed by atoms with Crippen LogP contribution in [0.3, 0.4) is 0 Å². The quantitative estimate of drug-likeness (QED) is 0.587. The summed E-state index contributed by atoms with van der Waals surface area (Å²) in [7, 11) is 0. The van der Waals surface area contributed by atoms with Crippen LogP contribution >= 0.6 is 23.3 Å². The van der Waals surface area contributed by atoms with Crippen LogP contribution in [0.1, 0.15) is 25.0 Å². The van der Waals surface area contributed by atoms with E-state index in [1.807, 2.05) is 6.20 Å². The molecule has 1 aromatic heterocycles. The lowest BCUT2D eigenvalue weighted by Crippen LogP contribution is -2.27. The number of rotatable bonds is 3. The van der Waals surface area contributed by atoms with Crippen LogP contribution in [0.15, 0.2) is 18.3 Å². The van der Waals surface area contributed by atoms with Gasteiger partial charge in [-0.25, -0.2) is 0 Å². The van der Waals surface area contributed by atoms with Gasteiger partial charge in [-0.05, 0) is 31.1 Å². The van der Waals surface area contributed by atoms with Gasteiger partial charge in [0.25, 0.3) is 0 Å². The zero-order valence-corrected chi connectivity index (χ0v) is 9.52. The fourth-order valence-electron chi connectivity index (χ4n) is 1.92. The molecule has 1 heterocycles. The number of halogens is 1. The summed E-state index contributed by atoms with van der Waals surface area (Å²) in [6.45, 7) is 0. The lowest BCUT2D eigenvalue weighted by Gasteiger charge is -2.32. The molecule has 0 spiro atoms. The van der Waals surface area contributed by atoms with E-state index in [0.29, 0.717) is 0 Å². The van der Waals surface area contributed by atoms with Crippen molar-refractivity contribution in [3.63, 3.8) is 0 Å². The van der Waals surface area contributed by atoms with Gasteiger partial charge in [-0.1, -0.05) is 12.2 Å². The molecule has 2 rings (SSSR count).